The van der Waals surface area contributed by atoms with Gasteiger partial charge in [-0.25, -0.2) is 0 Å². The molecule has 0 fully saturated rings. The summed E-state index contributed by atoms with van der Waals surface area (Å²) in [5, 5.41) is 43.8. The van der Waals surface area contributed by atoms with Gasteiger partial charge in [-0.1, -0.05) is 206 Å². The Hall–Kier alpha value is -0.460. The van der Waals surface area contributed by atoms with Crippen molar-refractivity contribution in [3.63, 3.8) is 0 Å². The highest BCUT2D eigenvalue weighted by molar-refractivity contribution is 4.95. The monoisotopic (exact) mass is 640 g/mol. The number of nitrogens with one attached hydrogen (secondary N) is 1. The second-order valence-electron chi connectivity index (χ2n) is 14.0. The maximum absolute atomic E-state index is 10.5. The maximum Gasteiger partial charge on any atom is 0.131 e. The van der Waals surface area contributed by atoms with E-state index in [0.717, 1.165) is 25.7 Å². The van der Waals surface area contributed by atoms with E-state index in [1.807, 2.05) is 6.08 Å². The van der Waals surface area contributed by atoms with E-state index < -0.39 is 24.5 Å². The maximum atomic E-state index is 10.5. The molecular weight excluding hydrogens is 558 g/mol. The van der Waals surface area contributed by atoms with Crippen molar-refractivity contribution in [1.82, 2.24) is 5.32 Å². The van der Waals surface area contributed by atoms with Crippen molar-refractivity contribution in [2.24, 2.45) is 0 Å². The molecule has 0 saturated carbocycles. The molecule has 0 spiro atoms. The van der Waals surface area contributed by atoms with Crippen molar-refractivity contribution >= 4 is 0 Å². The van der Waals surface area contributed by atoms with Crippen LogP contribution in [-0.4, -0.2) is 51.5 Å². The minimum absolute atomic E-state index is 0.299. The normalized spacial score (nSPS) is 14.7. The van der Waals surface area contributed by atoms with Crippen LogP contribution in [-0.2, 0) is 0 Å². The molecule has 0 aromatic rings. The van der Waals surface area contributed by atoms with Crippen LogP contribution in [0.4, 0.5) is 0 Å². The van der Waals surface area contributed by atoms with E-state index in [1.54, 1.807) is 6.08 Å². The zero-order valence-electron chi connectivity index (χ0n) is 30.4. The van der Waals surface area contributed by atoms with E-state index >= 15 is 0 Å². The minimum Gasteiger partial charge on any atom is -0.395 e. The zero-order chi connectivity index (χ0) is 33.1. The van der Waals surface area contributed by atoms with E-state index in [2.05, 4.69) is 19.2 Å². The Labute approximate surface area is 281 Å². The van der Waals surface area contributed by atoms with Gasteiger partial charge in [-0.2, -0.15) is 0 Å². The molecule has 0 aliphatic rings. The summed E-state index contributed by atoms with van der Waals surface area (Å²) >= 11 is 0. The molecule has 5 heteroatoms. The summed E-state index contributed by atoms with van der Waals surface area (Å²) in [5.41, 5.74) is 0. The molecule has 45 heavy (non-hydrogen) atoms. The highest BCUT2D eigenvalue weighted by atomic mass is 16.3. The van der Waals surface area contributed by atoms with Crippen molar-refractivity contribution < 1.29 is 20.4 Å². The molecule has 0 rings (SSSR count). The van der Waals surface area contributed by atoms with E-state index in [0.29, 0.717) is 6.42 Å². The van der Waals surface area contributed by atoms with Gasteiger partial charge in [0.2, 0.25) is 0 Å². The third-order valence-electron chi connectivity index (χ3n) is 9.52. The number of rotatable bonds is 37. The van der Waals surface area contributed by atoms with Crippen LogP contribution in [0.5, 0.6) is 0 Å². The molecule has 0 aliphatic carbocycles. The first kappa shape index (κ1) is 44.5. The highest BCUT2D eigenvalue weighted by Gasteiger charge is 2.23. The smallest absolute Gasteiger partial charge is 0.131 e. The Morgan fingerprint density at radius 3 is 1.16 bits per heavy atom. The summed E-state index contributed by atoms with van der Waals surface area (Å²) in [4.78, 5) is 0. The summed E-state index contributed by atoms with van der Waals surface area (Å²) in [6.07, 6.45) is 40.5. The van der Waals surface area contributed by atoms with Crippen molar-refractivity contribution in [2.75, 3.05) is 6.61 Å². The molecule has 4 atom stereocenters. The molecule has 0 aromatic carbocycles. The molecule has 0 radical (unpaired) electrons. The predicted octanol–water partition coefficient (Wildman–Crippen LogP) is 10.7. The van der Waals surface area contributed by atoms with Crippen LogP contribution in [0.1, 0.15) is 213 Å². The summed E-state index contributed by atoms with van der Waals surface area (Å²) in [7, 11) is 0. The van der Waals surface area contributed by atoms with Gasteiger partial charge >= 0.3 is 0 Å². The second kappa shape index (κ2) is 36.4. The van der Waals surface area contributed by atoms with Crippen LogP contribution < -0.4 is 5.32 Å². The van der Waals surface area contributed by atoms with Crippen LogP contribution in [0.15, 0.2) is 12.2 Å². The SMILES string of the molecule is CCCCCCCCCCCCCC=CC(O)C(CO)NC(O)C(O)CCCCCCCCCCCCCCCCCCCC. The molecule has 0 heterocycles. The molecule has 5 nitrogen and oxygen atoms in total. The number of aliphatic hydroxyl groups is 4. The lowest BCUT2D eigenvalue weighted by Crippen LogP contribution is -2.51. The lowest BCUT2D eigenvalue weighted by molar-refractivity contribution is -0.0289. The summed E-state index contributed by atoms with van der Waals surface area (Å²) in [6.45, 7) is 4.24. The van der Waals surface area contributed by atoms with Crippen LogP contribution in [0, 0.1) is 0 Å². The van der Waals surface area contributed by atoms with Crippen molar-refractivity contribution in [2.45, 2.75) is 237 Å². The average molecular weight is 640 g/mol. The molecule has 0 saturated heterocycles. The Kier molecular flexibility index (Phi) is 36.0. The number of hydrogen-bond donors (Lipinski definition) is 5. The van der Waals surface area contributed by atoms with Crippen LogP contribution in [0.3, 0.4) is 0 Å². The number of hydrogen-bond acceptors (Lipinski definition) is 5. The molecule has 0 amide bonds. The number of aliphatic hydroxyl groups excluding tert-OH is 4. The zero-order valence-corrected chi connectivity index (χ0v) is 30.4. The fourth-order valence-electron chi connectivity index (χ4n) is 6.30. The Balaban J connectivity index is 3.66. The van der Waals surface area contributed by atoms with Gasteiger partial charge < -0.3 is 20.4 Å². The summed E-state index contributed by atoms with van der Waals surface area (Å²) < 4.78 is 0. The average Bonchev–Trinajstić information content (AvgIpc) is 3.04. The van der Waals surface area contributed by atoms with E-state index in [9.17, 15) is 20.4 Å². The van der Waals surface area contributed by atoms with Crippen molar-refractivity contribution in [3.05, 3.63) is 12.2 Å². The largest absolute Gasteiger partial charge is 0.395 e. The third kappa shape index (κ3) is 31.9. The molecule has 270 valence electrons. The molecular formula is C40H81NO4. The van der Waals surface area contributed by atoms with Gasteiger partial charge in [0.25, 0.3) is 0 Å². The Morgan fingerprint density at radius 2 is 0.800 bits per heavy atom. The number of unbranched alkanes of at least 4 members (excludes halogenated alkanes) is 28. The van der Waals surface area contributed by atoms with E-state index in [4.69, 9.17) is 0 Å². The topological polar surface area (TPSA) is 93.0 Å². The fraction of sp³-hybridized carbons (Fsp3) is 0.950. The minimum atomic E-state index is -1.15. The van der Waals surface area contributed by atoms with Gasteiger partial charge in [0.15, 0.2) is 0 Å². The predicted molar refractivity (Wildman–Crippen MR) is 196 cm³/mol. The first-order valence-electron chi connectivity index (χ1n) is 20.1. The van der Waals surface area contributed by atoms with Gasteiger partial charge in [0.05, 0.1) is 24.9 Å². The molecule has 0 aromatic heterocycles. The fourth-order valence-corrected chi connectivity index (χ4v) is 6.30. The van der Waals surface area contributed by atoms with E-state index in [1.165, 1.54) is 167 Å². The third-order valence-corrected chi connectivity index (χ3v) is 9.52. The lowest BCUT2D eigenvalue weighted by atomic mass is 10.0. The Bertz CT molecular complexity index is 587. The highest BCUT2D eigenvalue weighted by Crippen LogP contribution is 2.16. The Morgan fingerprint density at radius 1 is 0.467 bits per heavy atom. The number of allylic oxidation sites excluding steroid dienone is 1. The molecule has 5 N–H and O–H groups in total. The standard InChI is InChI=1S/C40H81NO4/c1-3-5-7-9-11-13-15-17-18-19-20-21-23-25-27-29-31-33-35-39(44)40(45)41-37(36-42)38(43)34-32-30-28-26-24-22-16-14-12-10-8-6-4-2/h32,34,37-45H,3-31,33,35-36H2,1-2H3. The summed E-state index contributed by atoms with van der Waals surface area (Å²) in [5.74, 6) is 0. The van der Waals surface area contributed by atoms with Gasteiger partial charge in [-0.15, -0.1) is 0 Å². The van der Waals surface area contributed by atoms with Crippen molar-refractivity contribution in [1.29, 1.82) is 0 Å². The molecule has 0 bridgehead atoms. The van der Waals surface area contributed by atoms with Gasteiger partial charge in [0, 0.05) is 0 Å². The first-order chi connectivity index (χ1) is 22.1. The van der Waals surface area contributed by atoms with Gasteiger partial charge in [-0.3, -0.25) is 5.32 Å². The van der Waals surface area contributed by atoms with Crippen LogP contribution in [0.2, 0.25) is 0 Å². The first-order valence-corrected chi connectivity index (χ1v) is 20.1. The van der Waals surface area contributed by atoms with Crippen molar-refractivity contribution in [3.8, 4) is 0 Å². The summed E-state index contributed by atoms with van der Waals surface area (Å²) in [6, 6.07) is -0.691. The van der Waals surface area contributed by atoms with Gasteiger partial charge in [-0.05, 0) is 19.3 Å². The lowest BCUT2D eigenvalue weighted by Gasteiger charge is -2.26. The molecule has 4 unspecified atom stereocenters. The molecule has 0 aliphatic heterocycles. The second-order valence-corrected chi connectivity index (χ2v) is 14.0. The van der Waals surface area contributed by atoms with E-state index in [-0.39, 0.29) is 6.61 Å². The quantitative estimate of drug-likeness (QED) is 0.0265. The van der Waals surface area contributed by atoms with Crippen LogP contribution in [0.25, 0.3) is 0 Å². The van der Waals surface area contributed by atoms with Crippen LogP contribution >= 0.6 is 0 Å². The van der Waals surface area contributed by atoms with Gasteiger partial charge in [0.1, 0.15) is 6.23 Å².